The zero-order valence-electron chi connectivity index (χ0n) is 5.50. The van der Waals surface area contributed by atoms with Gasteiger partial charge in [0.05, 0.1) is 0 Å². The second kappa shape index (κ2) is 5.94. The topological polar surface area (TPSA) is 25.8 Å². The normalized spacial score (nSPS) is 7.44. The van der Waals surface area contributed by atoms with Gasteiger partial charge in [0.1, 0.15) is 6.33 Å². The van der Waals surface area contributed by atoms with Crippen LogP contribution in [0.25, 0.3) is 0 Å². The Kier molecular flexibility index (Phi) is 5.81. The highest BCUT2D eigenvalue weighted by molar-refractivity contribution is 14.1. The van der Waals surface area contributed by atoms with Gasteiger partial charge in [0.2, 0.25) is 0 Å². The van der Waals surface area contributed by atoms with Crippen molar-refractivity contribution in [1.82, 2.24) is 9.97 Å². The van der Waals surface area contributed by atoms with Crippen LogP contribution in [0.2, 0.25) is 0 Å². The summed E-state index contributed by atoms with van der Waals surface area (Å²) in [7, 11) is 0. The first-order valence-electron chi connectivity index (χ1n) is 2.80. The molecule has 0 aliphatic rings. The first kappa shape index (κ1) is 8.81. The summed E-state index contributed by atoms with van der Waals surface area (Å²) in [6, 6.07) is 0. The number of nitrogens with zero attached hydrogens (tertiary/aromatic N) is 2. The Morgan fingerprint density at radius 1 is 1.22 bits per heavy atom. The fraction of sp³-hybridized carbons (Fsp3) is 0.333. The van der Waals surface area contributed by atoms with Gasteiger partial charge in [-0.3, -0.25) is 0 Å². The molecule has 2 nitrogen and oxygen atoms in total. The van der Waals surface area contributed by atoms with Crippen LogP contribution in [0.1, 0.15) is 13.8 Å². The molecule has 50 valence electrons. The molecule has 0 aliphatic heterocycles. The van der Waals surface area contributed by atoms with E-state index in [2.05, 4.69) is 32.6 Å². The minimum absolute atomic E-state index is 1.07. The molecule has 0 fully saturated rings. The van der Waals surface area contributed by atoms with Crippen LogP contribution in [0.4, 0.5) is 0 Å². The molecule has 0 aromatic carbocycles. The Labute approximate surface area is 68.9 Å². The molecule has 0 saturated heterocycles. The SMILES string of the molecule is CC.Ic1cncnc1. The van der Waals surface area contributed by atoms with Gasteiger partial charge >= 0.3 is 0 Å². The predicted molar refractivity (Wildman–Crippen MR) is 46.1 cm³/mol. The van der Waals surface area contributed by atoms with Gasteiger partial charge in [-0.2, -0.15) is 0 Å². The summed E-state index contributed by atoms with van der Waals surface area (Å²) < 4.78 is 1.07. The molecule has 1 aromatic heterocycles. The summed E-state index contributed by atoms with van der Waals surface area (Å²) in [4.78, 5) is 7.53. The smallest absolute Gasteiger partial charge is 0.115 e. The summed E-state index contributed by atoms with van der Waals surface area (Å²) in [6.45, 7) is 4.00. The lowest BCUT2D eigenvalue weighted by Gasteiger charge is -1.79. The molecule has 3 heteroatoms. The van der Waals surface area contributed by atoms with Gasteiger partial charge in [0.15, 0.2) is 0 Å². The fourth-order valence-corrected chi connectivity index (χ4v) is 0.603. The summed E-state index contributed by atoms with van der Waals surface area (Å²) in [5.41, 5.74) is 0. The highest BCUT2D eigenvalue weighted by atomic mass is 127. The lowest BCUT2D eigenvalue weighted by atomic mass is 10.7. The molecular weight excluding hydrogens is 227 g/mol. The van der Waals surface area contributed by atoms with Gasteiger partial charge in [-0.1, -0.05) is 13.8 Å². The number of hydrogen-bond acceptors (Lipinski definition) is 2. The average Bonchev–Trinajstić information content (AvgIpc) is 1.94. The van der Waals surface area contributed by atoms with Crippen molar-refractivity contribution in [3.8, 4) is 0 Å². The Morgan fingerprint density at radius 3 is 1.89 bits per heavy atom. The summed E-state index contributed by atoms with van der Waals surface area (Å²) in [5, 5.41) is 0. The van der Waals surface area contributed by atoms with E-state index in [9.17, 15) is 0 Å². The van der Waals surface area contributed by atoms with E-state index in [1.807, 2.05) is 13.8 Å². The van der Waals surface area contributed by atoms with Crippen LogP contribution in [0.15, 0.2) is 18.7 Å². The van der Waals surface area contributed by atoms with Crippen molar-refractivity contribution in [2.75, 3.05) is 0 Å². The number of aromatic nitrogens is 2. The Balaban J connectivity index is 0.000000291. The molecular formula is C6H9IN2. The van der Waals surface area contributed by atoms with Gasteiger partial charge in [-0.25, -0.2) is 9.97 Å². The van der Waals surface area contributed by atoms with Crippen molar-refractivity contribution < 1.29 is 0 Å². The monoisotopic (exact) mass is 236 g/mol. The standard InChI is InChI=1S/C4H3IN2.C2H6/c5-4-1-6-3-7-2-4;1-2/h1-3H;1-2H3. The van der Waals surface area contributed by atoms with Crippen LogP contribution in [0, 0.1) is 3.57 Å². The highest BCUT2D eigenvalue weighted by Gasteiger charge is 1.76. The van der Waals surface area contributed by atoms with E-state index in [4.69, 9.17) is 0 Å². The quantitative estimate of drug-likeness (QED) is 0.644. The van der Waals surface area contributed by atoms with E-state index in [-0.39, 0.29) is 0 Å². The molecule has 0 bridgehead atoms. The van der Waals surface area contributed by atoms with Crippen molar-refractivity contribution in [2.24, 2.45) is 0 Å². The predicted octanol–water partition coefficient (Wildman–Crippen LogP) is 2.11. The van der Waals surface area contributed by atoms with Crippen LogP contribution in [-0.2, 0) is 0 Å². The van der Waals surface area contributed by atoms with Crippen molar-refractivity contribution in [3.63, 3.8) is 0 Å². The van der Waals surface area contributed by atoms with Crippen LogP contribution < -0.4 is 0 Å². The Hall–Kier alpha value is -0.190. The van der Waals surface area contributed by atoms with Crippen LogP contribution in [0.3, 0.4) is 0 Å². The summed E-state index contributed by atoms with van der Waals surface area (Å²) >= 11 is 2.15. The maximum Gasteiger partial charge on any atom is 0.115 e. The van der Waals surface area contributed by atoms with E-state index >= 15 is 0 Å². The second-order valence-corrected chi connectivity index (χ2v) is 2.30. The first-order valence-corrected chi connectivity index (χ1v) is 3.88. The van der Waals surface area contributed by atoms with E-state index in [1.54, 1.807) is 12.4 Å². The van der Waals surface area contributed by atoms with E-state index < -0.39 is 0 Å². The molecule has 0 atom stereocenters. The second-order valence-electron chi connectivity index (χ2n) is 1.06. The molecule has 1 heterocycles. The largest absolute Gasteiger partial charge is 0.244 e. The van der Waals surface area contributed by atoms with Gasteiger partial charge in [-0.15, -0.1) is 0 Å². The van der Waals surface area contributed by atoms with Crippen molar-refractivity contribution in [1.29, 1.82) is 0 Å². The number of rotatable bonds is 0. The van der Waals surface area contributed by atoms with E-state index in [1.165, 1.54) is 6.33 Å². The third-order valence-corrected chi connectivity index (χ3v) is 1.09. The van der Waals surface area contributed by atoms with Gasteiger partial charge in [0, 0.05) is 16.0 Å². The van der Waals surface area contributed by atoms with Crippen LogP contribution >= 0.6 is 22.6 Å². The molecule has 0 N–H and O–H groups in total. The molecule has 0 amide bonds. The minimum atomic E-state index is 1.07. The Morgan fingerprint density at radius 2 is 1.67 bits per heavy atom. The van der Waals surface area contributed by atoms with E-state index in [0.29, 0.717) is 0 Å². The summed E-state index contributed by atoms with van der Waals surface area (Å²) in [6.07, 6.45) is 5.03. The van der Waals surface area contributed by atoms with Gasteiger partial charge < -0.3 is 0 Å². The first-order chi connectivity index (χ1) is 4.39. The molecule has 0 aliphatic carbocycles. The molecule has 0 unspecified atom stereocenters. The van der Waals surface area contributed by atoms with Gasteiger partial charge in [0.25, 0.3) is 0 Å². The maximum atomic E-state index is 3.77. The summed E-state index contributed by atoms with van der Waals surface area (Å²) in [5.74, 6) is 0. The van der Waals surface area contributed by atoms with Crippen LogP contribution in [-0.4, -0.2) is 9.97 Å². The Bertz CT molecular complexity index is 141. The van der Waals surface area contributed by atoms with Crippen molar-refractivity contribution in [2.45, 2.75) is 13.8 Å². The third-order valence-electron chi connectivity index (χ3n) is 0.529. The fourth-order valence-electron chi connectivity index (χ4n) is 0.281. The molecule has 1 rings (SSSR count). The minimum Gasteiger partial charge on any atom is -0.244 e. The zero-order valence-corrected chi connectivity index (χ0v) is 7.66. The molecule has 0 saturated carbocycles. The number of hydrogen-bond donors (Lipinski definition) is 0. The lowest BCUT2D eigenvalue weighted by Crippen LogP contribution is -1.74. The highest BCUT2D eigenvalue weighted by Crippen LogP contribution is 1.94. The van der Waals surface area contributed by atoms with Gasteiger partial charge in [-0.05, 0) is 22.6 Å². The molecule has 0 radical (unpaired) electrons. The number of halogens is 1. The zero-order chi connectivity index (χ0) is 7.11. The average molecular weight is 236 g/mol. The maximum absolute atomic E-state index is 3.77. The molecule has 9 heavy (non-hydrogen) atoms. The third kappa shape index (κ3) is 4.32. The van der Waals surface area contributed by atoms with Crippen molar-refractivity contribution >= 4 is 22.6 Å². The van der Waals surface area contributed by atoms with Crippen LogP contribution in [0.5, 0.6) is 0 Å². The van der Waals surface area contributed by atoms with E-state index in [0.717, 1.165) is 3.57 Å². The lowest BCUT2D eigenvalue weighted by molar-refractivity contribution is 1.15. The molecule has 1 aromatic rings. The molecule has 0 spiro atoms. The van der Waals surface area contributed by atoms with Crippen molar-refractivity contribution in [3.05, 3.63) is 22.3 Å².